The highest BCUT2D eigenvalue weighted by Gasteiger charge is 2.34. The molecule has 1 heterocycles. The standard InChI is InChI=1S/C17H26N4O10/c1-7(22)13(16(29)20-10(17(30)31)6-12(25)26)21-15(28)9(5-11(23)24)19-14(27)8-3-2-4-18-8/h7-10,13,18,22H,2-6H2,1H3,(H,19,27)(H,20,29)(H,21,28)(H,23,24)(H,25,26)(H,30,31). The van der Waals surface area contributed by atoms with Crippen LogP contribution in [0.2, 0.25) is 0 Å². The van der Waals surface area contributed by atoms with Gasteiger partial charge in [-0.1, -0.05) is 0 Å². The zero-order chi connectivity index (χ0) is 23.7. The molecule has 8 N–H and O–H groups in total. The van der Waals surface area contributed by atoms with Gasteiger partial charge in [-0.2, -0.15) is 0 Å². The number of carboxylic acid groups (broad SMARTS) is 3. The van der Waals surface area contributed by atoms with Crippen molar-refractivity contribution in [1.29, 1.82) is 0 Å². The van der Waals surface area contributed by atoms with E-state index in [4.69, 9.17) is 15.3 Å². The summed E-state index contributed by atoms with van der Waals surface area (Å²) in [6.45, 7) is 1.68. The number of hydrogen-bond acceptors (Lipinski definition) is 8. The Hall–Kier alpha value is -3.26. The molecule has 0 spiro atoms. The van der Waals surface area contributed by atoms with Crippen molar-refractivity contribution in [3.8, 4) is 0 Å². The summed E-state index contributed by atoms with van der Waals surface area (Å²) < 4.78 is 0. The van der Waals surface area contributed by atoms with Crippen LogP contribution in [0, 0.1) is 0 Å². The van der Waals surface area contributed by atoms with Crippen LogP contribution >= 0.6 is 0 Å². The summed E-state index contributed by atoms with van der Waals surface area (Å²) in [5, 5.41) is 45.7. The first-order chi connectivity index (χ1) is 14.4. The molecule has 0 bridgehead atoms. The highest BCUT2D eigenvalue weighted by Crippen LogP contribution is 2.06. The summed E-state index contributed by atoms with van der Waals surface area (Å²) in [6, 6.07) is -5.74. The molecule has 1 aliphatic heterocycles. The van der Waals surface area contributed by atoms with E-state index in [1.54, 1.807) is 0 Å². The SMILES string of the molecule is CC(O)C(NC(=O)C(CC(=O)O)NC(=O)C1CCCN1)C(=O)NC(CC(=O)O)C(=O)O. The van der Waals surface area contributed by atoms with Crippen LogP contribution in [0.4, 0.5) is 0 Å². The first-order valence-electron chi connectivity index (χ1n) is 9.41. The van der Waals surface area contributed by atoms with Crippen molar-refractivity contribution in [3.05, 3.63) is 0 Å². The van der Waals surface area contributed by atoms with Gasteiger partial charge in [-0.3, -0.25) is 24.0 Å². The van der Waals surface area contributed by atoms with Gasteiger partial charge in [-0.15, -0.1) is 0 Å². The van der Waals surface area contributed by atoms with E-state index in [2.05, 4.69) is 16.0 Å². The number of amides is 3. The Balaban J connectivity index is 2.90. The van der Waals surface area contributed by atoms with Gasteiger partial charge in [0.25, 0.3) is 0 Å². The normalized spacial score (nSPS) is 19.4. The van der Waals surface area contributed by atoms with Gasteiger partial charge in [-0.25, -0.2) is 4.79 Å². The number of rotatable bonds is 12. The van der Waals surface area contributed by atoms with E-state index in [0.29, 0.717) is 13.0 Å². The Morgan fingerprint density at radius 2 is 1.48 bits per heavy atom. The van der Waals surface area contributed by atoms with Crippen LogP contribution in [0.3, 0.4) is 0 Å². The highest BCUT2D eigenvalue weighted by atomic mass is 16.4. The average molecular weight is 446 g/mol. The van der Waals surface area contributed by atoms with Gasteiger partial charge >= 0.3 is 17.9 Å². The van der Waals surface area contributed by atoms with Gasteiger partial charge in [0.15, 0.2) is 0 Å². The molecule has 1 rings (SSSR count). The van der Waals surface area contributed by atoms with E-state index in [1.807, 2.05) is 5.32 Å². The molecule has 5 unspecified atom stereocenters. The fourth-order valence-electron chi connectivity index (χ4n) is 2.86. The molecule has 1 aliphatic rings. The van der Waals surface area contributed by atoms with E-state index in [9.17, 15) is 33.9 Å². The van der Waals surface area contributed by atoms with Gasteiger partial charge in [0.1, 0.15) is 18.1 Å². The molecular weight excluding hydrogens is 420 g/mol. The summed E-state index contributed by atoms with van der Waals surface area (Å²) >= 11 is 0. The first kappa shape index (κ1) is 25.8. The second-order valence-corrected chi connectivity index (χ2v) is 7.03. The molecule has 0 saturated carbocycles. The van der Waals surface area contributed by atoms with Crippen LogP contribution in [0.1, 0.15) is 32.6 Å². The van der Waals surface area contributed by atoms with Crippen LogP contribution in [-0.4, -0.2) is 92.9 Å². The van der Waals surface area contributed by atoms with E-state index < -0.39 is 78.7 Å². The third-order valence-corrected chi connectivity index (χ3v) is 4.44. The molecule has 0 aromatic rings. The van der Waals surface area contributed by atoms with E-state index in [1.165, 1.54) is 0 Å². The minimum absolute atomic E-state index is 0.492. The van der Waals surface area contributed by atoms with Crippen LogP contribution in [-0.2, 0) is 28.8 Å². The zero-order valence-electron chi connectivity index (χ0n) is 16.7. The Labute approximate surface area is 176 Å². The number of hydrogen-bond donors (Lipinski definition) is 8. The summed E-state index contributed by atoms with van der Waals surface area (Å²) in [5.41, 5.74) is 0. The average Bonchev–Trinajstić information content (AvgIpc) is 3.18. The first-order valence-corrected chi connectivity index (χ1v) is 9.41. The molecule has 0 aliphatic carbocycles. The monoisotopic (exact) mass is 446 g/mol. The van der Waals surface area contributed by atoms with Crippen molar-refractivity contribution in [3.63, 3.8) is 0 Å². The second kappa shape index (κ2) is 11.8. The lowest BCUT2D eigenvalue weighted by Gasteiger charge is -2.25. The van der Waals surface area contributed by atoms with Crippen molar-refractivity contribution in [1.82, 2.24) is 21.3 Å². The van der Waals surface area contributed by atoms with E-state index in [0.717, 1.165) is 13.3 Å². The van der Waals surface area contributed by atoms with Gasteiger partial charge in [-0.05, 0) is 26.3 Å². The Kier molecular flexibility index (Phi) is 9.82. The van der Waals surface area contributed by atoms with Crippen molar-refractivity contribution >= 4 is 35.6 Å². The quantitative estimate of drug-likeness (QED) is 0.147. The number of aliphatic hydroxyl groups is 1. The third-order valence-electron chi connectivity index (χ3n) is 4.44. The smallest absolute Gasteiger partial charge is 0.326 e. The fourth-order valence-corrected chi connectivity index (χ4v) is 2.86. The van der Waals surface area contributed by atoms with Crippen LogP contribution in [0.15, 0.2) is 0 Å². The molecule has 14 heteroatoms. The molecule has 174 valence electrons. The number of carbonyl (C=O) groups is 6. The lowest BCUT2D eigenvalue weighted by molar-refractivity contribution is -0.148. The molecule has 5 atom stereocenters. The predicted molar refractivity (Wildman–Crippen MR) is 101 cm³/mol. The molecule has 0 aromatic heterocycles. The number of aliphatic hydroxyl groups excluding tert-OH is 1. The molecule has 14 nitrogen and oxygen atoms in total. The Morgan fingerprint density at radius 1 is 0.903 bits per heavy atom. The van der Waals surface area contributed by atoms with Gasteiger partial charge in [0.05, 0.1) is 25.0 Å². The number of carbonyl (C=O) groups excluding carboxylic acids is 3. The van der Waals surface area contributed by atoms with Crippen molar-refractivity contribution in [2.45, 2.75) is 62.9 Å². The van der Waals surface area contributed by atoms with E-state index >= 15 is 0 Å². The molecule has 0 aromatic carbocycles. The number of nitrogens with one attached hydrogen (secondary N) is 4. The topological polar surface area (TPSA) is 231 Å². The molecule has 1 saturated heterocycles. The van der Waals surface area contributed by atoms with Gasteiger partial charge in [0.2, 0.25) is 17.7 Å². The lowest BCUT2D eigenvalue weighted by atomic mass is 10.1. The summed E-state index contributed by atoms with van der Waals surface area (Å²) in [5.74, 6) is -7.47. The van der Waals surface area contributed by atoms with Crippen molar-refractivity contribution in [2.75, 3.05) is 6.54 Å². The van der Waals surface area contributed by atoms with E-state index in [-0.39, 0.29) is 0 Å². The maximum absolute atomic E-state index is 12.5. The van der Waals surface area contributed by atoms with Crippen molar-refractivity contribution < 1.29 is 49.2 Å². The Bertz CT molecular complexity index is 720. The summed E-state index contributed by atoms with van der Waals surface area (Å²) in [6.07, 6.45) is -2.10. The maximum atomic E-state index is 12.5. The molecule has 31 heavy (non-hydrogen) atoms. The van der Waals surface area contributed by atoms with Crippen LogP contribution < -0.4 is 21.3 Å². The second-order valence-electron chi connectivity index (χ2n) is 7.03. The highest BCUT2D eigenvalue weighted by molar-refractivity contribution is 5.96. The summed E-state index contributed by atoms with van der Waals surface area (Å²) in [7, 11) is 0. The minimum Gasteiger partial charge on any atom is -0.481 e. The van der Waals surface area contributed by atoms with Crippen LogP contribution in [0.5, 0.6) is 0 Å². The zero-order valence-corrected chi connectivity index (χ0v) is 16.7. The molecular formula is C17H26N4O10. The predicted octanol–water partition coefficient (Wildman–Crippen LogP) is -3.39. The van der Waals surface area contributed by atoms with Gasteiger partial charge in [0, 0.05) is 0 Å². The largest absolute Gasteiger partial charge is 0.481 e. The maximum Gasteiger partial charge on any atom is 0.326 e. The fraction of sp³-hybridized carbons (Fsp3) is 0.647. The van der Waals surface area contributed by atoms with Gasteiger partial charge < -0.3 is 41.7 Å². The number of aliphatic carboxylic acids is 3. The minimum atomic E-state index is -1.83. The third kappa shape index (κ3) is 8.55. The lowest BCUT2D eigenvalue weighted by Crippen LogP contribution is -2.60. The molecule has 3 amide bonds. The van der Waals surface area contributed by atoms with Crippen LogP contribution in [0.25, 0.3) is 0 Å². The molecule has 0 radical (unpaired) electrons. The number of carboxylic acids is 3. The molecule has 1 fully saturated rings. The van der Waals surface area contributed by atoms with Crippen molar-refractivity contribution in [2.24, 2.45) is 0 Å². The summed E-state index contributed by atoms with van der Waals surface area (Å²) in [4.78, 5) is 70.1. The Morgan fingerprint density at radius 3 is 1.94 bits per heavy atom.